The number of hydrogen-bond acceptors (Lipinski definition) is 2. The zero-order chi connectivity index (χ0) is 16.8. The van der Waals surface area contributed by atoms with E-state index < -0.39 is 11.9 Å². The highest BCUT2D eigenvalue weighted by Crippen LogP contribution is 2.33. The molecule has 0 radical (unpaired) electrons. The molecule has 1 atom stereocenters. The van der Waals surface area contributed by atoms with E-state index in [9.17, 15) is 13.2 Å². The molecule has 0 amide bonds. The molecule has 0 aliphatic rings. The van der Waals surface area contributed by atoms with Gasteiger partial charge in [0.2, 0.25) is 0 Å². The third-order valence-corrected chi connectivity index (χ3v) is 4.14. The lowest BCUT2D eigenvalue weighted by Gasteiger charge is -2.12. The average molecular weight is 343 g/mol. The van der Waals surface area contributed by atoms with Crippen molar-refractivity contribution in [1.29, 1.82) is 0 Å². The summed E-state index contributed by atoms with van der Waals surface area (Å²) < 4.78 is 40.5. The minimum absolute atomic E-state index is 0.120. The Balaban J connectivity index is 2.21. The molecule has 0 aliphatic carbocycles. The van der Waals surface area contributed by atoms with Crippen LogP contribution in [0.5, 0.6) is 0 Å². The van der Waals surface area contributed by atoms with Crippen molar-refractivity contribution in [3.8, 4) is 5.69 Å². The van der Waals surface area contributed by atoms with Crippen LogP contribution in [0.2, 0.25) is 5.02 Å². The van der Waals surface area contributed by atoms with E-state index in [1.165, 1.54) is 4.57 Å². The van der Waals surface area contributed by atoms with E-state index in [1.54, 1.807) is 18.3 Å². The van der Waals surface area contributed by atoms with Crippen LogP contribution in [0.4, 0.5) is 13.2 Å². The number of imidazole rings is 1. The number of rotatable bonds is 3. The number of benzene rings is 1. The summed E-state index contributed by atoms with van der Waals surface area (Å²) in [6, 6.07) is 3.34. The lowest BCUT2D eigenvalue weighted by molar-refractivity contribution is -0.141. The summed E-state index contributed by atoms with van der Waals surface area (Å²) in [5.74, 6) is 0.239. The first kappa shape index (κ1) is 15.9. The zero-order valence-corrected chi connectivity index (χ0v) is 13.2. The summed E-state index contributed by atoms with van der Waals surface area (Å²) in [6.07, 6.45) is -1.22. The first-order chi connectivity index (χ1) is 10.8. The molecule has 0 fully saturated rings. The van der Waals surface area contributed by atoms with E-state index >= 15 is 0 Å². The van der Waals surface area contributed by atoms with Gasteiger partial charge in [-0.2, -0.15) is 18.3 Å². The number of nitrogens with zero attached hydrogens (tertiary/aromatic N) is 3. The quantitative estimate of drug-likeness (QED) is 0.733. The molecule has 1 aromatic carbocycles. The number of aromatic amines is 1. The molecule has 122 valence electrons. The summed E-state index contributed by atoms with van der Waals surface area (Å²) in [6.45, 7) is 3.75. The number of fused-ring (bicyclic) bond motifs is 1. The largest absolute Gasteiger partial charge is 0.434 e. The van der Waals surface area contributed by atoms with Crippen molar-refractivity contribution in [2.24, 2.45) is 0 Å². The zero-order valence-electron chi connectivity index (χ0n) is 12.4. The second kappa shape index (κ2) is 5.56. The van der Waals surface area contributed by atoms with Gasteiger partial charge >= 0.3 is 6.18 Å². The predicted octanol–water partition coefficient (Wildman–Crippen LogP) is 4.93. The van der Waals surface area contributed by atoms with Gasteiger partial charge in [0.1, 0.15) is 5.82 Å². The third-order valence-electron chi connectivity index (χ3n) is 3.84. The molecule has 2 heterocycles. The van der Waals surface area contributed by atoms with Crippen LogP contribution < -0.4 is 0 Å². The van der Waals surface area contributed by atoms with Crippen LogP contribution in [0.15, 0.2) is 24.5 Å². The van der Waals surface area contributed by atoms with Gasteiger partial charge in [-0.1, -0.05) is 25.4 Å². The van der Waals surface area contributed by atoms with E-state index in [0.717, 1.165) is 11.6 Å². The maximum Gasteiger partial charge on any atom is 0.434 e. The molecule has 0 spiro atoms. The van der Waals surface area contributed by atoms with Gasteiger partial charge in [0, 0.05) is 23.2 Å². The molecule has 0 bridgehead atoms. The second-order valence-electron chi connectivity index (χ2n) is 5.42. The van der Waals surface area contributed by atoms with E-state index in [4.69, 9.17) is 11.6 Å². The summed E-state index contributed by atoms with van der Waals surface area (Å²) in [4.78, 5) is 3.80. The minimum Gasteiger partial charge on any atom is -0.303 e. The van der Waals surface area contributed by atoms with E-state index in [1.807, 2.05) is 13.8 Å². The topological polar surface area (TPSA) is 46.5 Å². The van der Waals surface area contributed by atoms with E-state index in [2.05, 4.69) is 15.2 Å². The fraction of sp³-hybridized carbons (Fsp3) is 0.333. The Bertz CT molecular complexity index is 850. The van der Waals surface area contributed by atoms with Gasteiger partial charge in [-0.25, -0.2) is 4.98 Å². The van der Waals surface area contributed by atoms with E-state index in [-0.39, 0.29) is 5.92 Å². The number of H-pyrrole nitrogens is 1. The molecule has 4 nitrogen and oxygen atoms in total. The van der Waals surface area contributed by atoms with Gasteiger partial charge in [0.15, 0.2) is 5.69 Å². The Morgan fingerprint density at radius 3 is 2.74 bits per heavy atom. The van der Waals surface area contributed by atoms with Crippen molar-refractivity contribution in [2.75, 3.05) is 0 Å². The summed E-state index contributed by atoms with van der Waals surface area (Å²) in [5, 5.41) is 7.78. The maximum atomic E-state index is 13.0. The van der Waals surface area contributed by atoms with Crippen molar-refractivity contribution in [3.05, 3.63) is 41.1 Å². The monoisotopic (exact) mass is 342 g/mol. The number of alkyl halides is 3. The summed E-state index contributed by atoms with van der Waals surface area (Å²) in [7, 11) is 0. The Labute approximate surface area is 135 Å². The summed E-state index contributed by atoms with van der Waals surface area (Å²) >= 11 is 6.19. The maximum absolute atomic E-state index is 13.0. The lowest BCUT2D eigenvalue weighted by Crippen LogP contribution is -2.06. The molecule has 2 aromatic heterocycles. The van der Waals surface area contributed by atoms with Crippen LogP contribution in [-0.2, 0) is 6.18 Å². The van der Waals surface area contributed by atoms with Crippen LogP contribution in [0, 0.1) is 0 Å². The Hall–Kier alpha value is -2.02. The lowest BCUT2D eigenvalue weighted by atomic mass is 10.1. The first-order valence-corrected chi connectivity index (χ1v) is 7.48. The van der Waals surface area contributed by atoms with Gasteiger partial charge in [-0.3, -0.25) is 5.10 Å². The Morgan fingerprint density at radius 2 is 2.09 bits per heavy atom. The molecule has 1 unspecified atom stereocenters. The van der Waals surface area contributed by atoms with Gasteiger partial charge < -0.3 is 4.57 Å². The molecule has 0 aliphatic heterocycles. The van der Waals surface area contributed by atoms with Gasteiger partial charge in [0.05, 0.1) is 16.7 Å². The standard InChI is InChI=1S/C15H14ClF3N4/c1-3-8(2)14-21-12(15(17,18)19)7-23(14)10-4-9-6-20-22-13(9)11(16)5-10/h4-8H,3H2,1-2H3,(H,20,22). The number of nitrogens with one attached hydrogen (secondary N) is 1. The molecule has 8 heteroatoms. The SMILES string of the molecule is CCC(C)c1nc(C(F)(F)F)cn1-c1cc(Cl)c2[nH]ncc2c1. The third kappa shape index (κ3) is 2.81. The van der Waals surface area contributed by atoms with Crippen LogP contribution >= 0.6 is 11.6 Å². The molecule has 3 rings (SSSR count). The van der Waals surface area contributed by atoms with Crippen LogP contribution in [0.1, 0.15) is 37.7 Å². The molecule has 1 N–H and O–H groups in total. The van der Waals surface area contributed by atoms with Crippen LogP contribution in [0.3, 0.4) is 0 Å². The molecular weight excluding hydrogens is 329 g/mol. The molecular formula is C15H14ClF3N4. The summed E-state index contributed by atoms with van der Waals surface area (Å²) in [5.41, 5.74) is 0.273. The fourth-order valence-electron chi connectivity index (χ4n) is 2.41. The van der Waals surface area contributed by atoms with Gasteiger partial charge in [0.25, 0.3) is 0 Å². The molecule has 0 saturated carbocycles. The number of aromatic nitrogens is 4. The molecule has 23 heavy (non-hydrogen) atoms. The number of halogens is 4. The van der Waals surface area contributed by atoms with Crippen molar-refractivity contribution in [2.45, 2.75) is 32.4 Å². The minimum atomic E-state index is -4.49. The van der Waals surface area contributed by atoms with Crippen molar-refractivity contribution in [3.63, 3.8) is 0 Å². The smallest absolute Gasteiger partial charge is 0.303 e. The van der Waals surface area contributed by atoms with Crippen LogP contribution in [0.25, 0.3) is 16.6 Å². The first-order valence-electron chi connectivity index (χ1n) is 7.10. The second-order valence-corrected chi connectivity index (χ2v) is 5.83. The van der Waals surface area contributed by atoms with Crippen LogP contribution in [-0.4, -0.2) is 19.7 Å². The molecule has 0 saturated heterocycles. The fourth-order valence-corrected chi connectivity index (χ4v) is 2.67. The Morgan fingerprint density at radius 1 is 1.35 bits per heavy atom. The van der Waals surface area contributed by atoms with Gasteiger partial charge in [-0.15, -0.1) is 0 Å². The average Bonchev–Trinajstić information content (AvgIpc) is 3.12. The van der Waals surface area contributed by atoms with Gasteiger partial charge in [-0.05, 0) is 18.6 Å². The Kier molecular flexibility index (Phi) is 3.83. The molecule has 3 aromatic rings. The highest BCUT2D eigenvalue weighted by atomic mass is 35.5. The van der Waals surface area contributed by atoms with Crippen molar-refractivity contribution < 1.29 is 13.2 Å². The highest BCUT2D eigenvalue weighted by Gasteiger charge is 2.35. The normalized spacial score (nSPS) is 13.7. The van der Waals surface area contributed by atoms with Crippen molar-refractivity contribution >= 4 is 22.5 Å². The predicted molar refractivity (Wildman–Crippen MR) is 81.9 cm³/mol. The highest BCUT2D eigenvalue weighted by molar-refractivity contribution is 6.35. The van der Waals surface area contributed by atoms with Crippen molar-refractivity contribution in [1.82, 2.24) is 19.7 Å². The van der Waals surface area contributed by atoms with E-state index in [0.29, 0.717) is 28.5 Å². The number of hydrogen-bond donors (Lipinski definition) is 1.